The Labute approximate surface area is 136 Å². The molecule has 0 spiro atoms. The van der Waals surface area contributed by atoms with Crippen molar-refractivity contribution in [3.63, 3.8) is 0 Å². The van der Waals surface area contributed by atoms with E-state index in [0.717, 1.165) is 31.6 Å². The molecule has 0 aliphatic carbocycles. The van der Waals surface area contributed by atoms with Crippen LogP contribution in [-0.2, 0) is 9.59 Å². The van der Waals surface area contributed by atoms with Crippen LogP contribution in [0.2, 0.25) is 0 Å². The summed E-state index contributed by atoms with van der Waals surface area (Å²) in [5.74, 6) is -0.153. The number of carbonyl (C=O) groups excluding carboxylic acids is 2. The Kier molecular flexibility index (Phi) is 4.63. The van der Waals surface area contributed by atoms with Gasteiger partial charge in [0.2, 0.25) is 11.8 Å². The lowest BCUT2D eigenvalue weighted by Crippen LogP contribution is -2.55. The molecule has 0 saturated carbocycles. The van der Waals surface area contributed by atoms with Gasteiger partial charge in [0.05, 0.1) is 17.4 Å². The maximum atomic E-state index is 13.0. The average Bonchev–Trinajstić information content (AvgIpc) is 2.59. The maximum absolute atomic E-state index is 13.0. The van der Waals surface area contributed by atoms with Gasteiger partial charge in [-0.25, -0.2) is 0 Å². The van der Waals surface area contributed by atoms with Crippen molar-refractivity contribution in [3.05, 3.63) is 24.3 Å². The van der Waals surface area contributed by atoms with E-state index in [1.54, 1.807) is 4.90 Å². The van der Waals surface area contributed by atoms with Crippen molar-refractivity contribution in [3.8, 4) is 0 Å². The van der Waals surface area contributed by atoms with E-state index in [4.69, 9.17) is 0 Å². The molecule has 2 heterocycles. The second-order valence-electron chi connectivity index (χ2n) is 6.29. The van der Waals surface area contributed by atoms with Gasteiger partial charge in [0.1, 0.15) is 6.54 Å². The fourth-order valence-electron chi connectivity index (χ4n) is 3.41. The van der Waals surface area contributed by atoms with E-state index in [0.29, 0.717) is 11.7 Å². The van der Waals surface area contributed by atoms with Crippen molar-refractivity contribution in [1.29, 1.82) is 0 Å². The fourth-order valence-corrected chi connectivity index (χ4v) is 3.41. The van der Waals surface area contributed by atoms with Crippen molar-refractivity contribution >= 4 is 23.2 Å². The minimum atomic E-state index is -0.231. The molecule has 1 fully saturated rings. The lowest BCUT2D eigenvalue weighted by molar-refractivity contribution is -0.125. The molecule has 2 unspecified atom stereocenters. The van der Waals surface area contributed by atoms with Gasteiger partial charge in [-0.1, -0.05) is 12.1 Å². The molecule has 1 aromatic rings. The molecule has 2 aliphatic rings. The number of hydrogen-bond donors (Lipinski definition) is 2. The van der Waals surface area contributed by atoms with Crippen LogP contribution in [-0.4, -0.2) is 55.5 Å². The molecule has 2 amide bonds. The van der Waals surface area contributed by atoms with Gasteiger partial charge in [-0.3, -0.25) is 19.4 Å². The molecule has 0 aromatic heterocycles. The minimum absolute atomic E-state index is 0.0101. The van der Waals surface area contributed by atoms with E-state index in [2.05, 4.69) is 15.5 Å². The van der Waals surface area contributed by atoms with Crippen LogP contribution in [0, 0.1) is 0 Å². The number of para-hydroxylation sites is 2. The molecule has 2 aliphatic heterocycles. The monoisotopic (exact) mass is 316 g/mol. The topological polar surface area (TPSA) is 64.7 Å². The highest BCUT2D eigenvalue weighted by Gasteiger charge is 2.33. The van der Waals surface area contributed by atoms with Gasteiger partial charge < -0.3 is 10.6 Å². The summed E-state index contributed by atoms with van der Waals surface area (Å²) in [4.78, 5) is 28.7. The third-order valence-electron chi connectivity index (χ3n) is 4.80. The van der Waals surface area contributed by atoms with E-state index in [1.165, 1.54) is 0 Å². The molecule has 124 valence electrons. The number of amides is 2. The summed E-state index contributed by atoms with van der Waals surface area (Å²) in [5, 5.41) is 6.12. The van der Waals surface area contributed by atoms with Gasteiger partial charge in [-0.2, -0.15) is 0 Å². The normalized spacial score (nSPS) is 23.1. The van der Waals surface area contributed by atoms with E-state index in [-0.39, 0.29) is 24.4 Å². The summed E-state index contributed by atoms with van der Waals surface area (Å²) in [6.45, 7) is 3.82. The van der Waals surface area contributed by atoms with Crippen LogP contribution in [0.5, 0.6) is 0 Å². The highest BCUT2D eigenvalue weighted by molar-refractivity contribution is 6.11. The van der Waals surface area contributed by atoms with Crippen molar-refractivity contribution in [2.45, 2.75) is 31.8 Å². The van der Waals surface area contributed by atoms with Crippen LogP contribution in [0.1, 0.15) is 19.8 Å². The number of nitrogens with one attached hydrogen (secondary N) is 2. The maximum Gasteiger partial charge on any atom is 0.244 e. The number of piperidine rings is 1. The van der Waals surface area contributed by atoms with Crippen molar-refractivity contribution in [1.82, 2.24) is 10.2 Å². The Bertz CT molecular complexity index is 604. The number of nitrogens with zero attached hydrogens (tertiary/aromatic N) is 2. The molecule has 0 bridgehead atoms. The number of hydrogen-bond acceptors (Lipinski definition) is 4. The molecule has 3 rings (SSSR count). The van der Waals surface area contributed by atoms with Crippen LogP contribution in [0.25, 0.3) is 0 Å². The van der Waals surface area contributed by atoms with Gasteiger partial charge in [0, 0.05) is 12.6 Å². The highest BCUT2D eigenvalue weighted by atomic mass is 16.2. The van der Waals surface area contributed by atoms with Crippen LogP contribution in [0.15, 0.2) is 24.3 Å². The summed E-state index contributed by atoms with van der Waals surface area (Å²) in [6, 6.07) is 7.65. The summed E-state index contributed by atoms with van der Waals surface area (Å²) >= 11 is 0. The van der Waals surface area contributed by atoms with Crippen molar-refractivity contribution < 1.29 is 9.59 Å². The van der Waals surface area contributed by atoms with Crippen LogP contribution in [0.3, 0.4) is 0 Å². The zero-order chi connectivity index (χ0) is 16.4. The van der Waals surface area contributed by atoms with Gasteiger partial charge in [-0.15, -0.1) is 0 Å². The largest absolute Gasteiger partial charge is 0.323 e. The predicted molar refractivity (Wildman–Crippen MR) is 90.5 cm³/mol. The molecule has 1 aromatic carbocycles. The second-order valence-corrected chi connectivity index (χ2v) is 6.29. The Morgan fingerprint density at radius 3 is 2.96 bits per heavy atom. The van der Waals surface area contributed by atoms with Crippen molar-refractivity contribution in [2.24, 2.45) is 0 Å². The van der Waals surface area contributed by atoms with Gasteiger partial charge in [0.15, 0.2) is 0 Å². The Hall–Kier alpha value is -1.92. The molecule has 0 radical (unpaired) electrons. The molecular weight excluding hydrogens is 292 g/mol. The van der Waals surface area contributed by atoms with E-state index in [9.17, 15) is 9.59 Å². The molecular formula is C17H24N4O2. The lowest BCUT2D eigenvalue weighted by Gasteiger charge is -2.39. The Morgan fingerprint density at radius 1 is 1.39 bits per heavy atom. The zero-order valence-electron chi connectivity index (χ0n) is 13.7. The number of benzene rings is 1. The van der Waals surface area contributed by atoms with Crippen LogP contribution in [0.4, 0.5) is 11.4 Å². The van der Waals surface area contributed by atoms with Crippen molar-refractivity contribution in [2.75, 3.05) is 36.9 Å². The van der Waals surface area contributed by atoms with E-state index >= 15 is 0 Å². The Morgan fingerprint density at radius 2 is 2.17 bits per heavy atom. The van der Waals surface area contributed by atoms with Crippen LogP contribution >= 0.6 is 0 Å². The number of rotatable bonds is 3. The number of likely N-dealkylation sites (N-methyl/N-ethyl adjacent to an activating group) is 1. The third-order valence-corrected chi connectivity index (χ3v) is 4.80. The molecule has 2 N–H and O–H groups in total. The van der Waals surface area contributed by atoms with Gasteiger partial charge in [-0.05, 0) is 45.5 Å². The van der Waals surface area contributed by atoms with E-state index in [1.807, 2.05) is 38.2 Å². The number of anilines is 2. The number of likely N-dealkylation sites (tertiary alicyclic amines) is 1. The number of fused-ring (bicyclic) bond motifs is 1. The molecule has 6 heteroatoms. The summed E-state index contributed by atoms with van der Waals surface area (Å²) < 4.78 is 0. The third kappa shape index (κ3) is 3.23. The first-order chi connectivity index (χ1) is 11.1. The standard InChI is InChI=1S/C17H24N4O2/c1-12(20-9-5-6-13(10-20)18-2)17(23)21-11-16(22)19-14-7-3-4-8-15(14)21/h3-4,7-8,12-13,18H,5-6,9-11H2,1-2H3,(H,19,22). The SMILES string of the molecule is CNC1CCCN(C(C)C(=O)N2CC(=O)Nc3ccccc32)C1. The second kappa shape index (κ2) is 6.68. The van der Waals surface area contributed by atoms with Gasteiger partial charge >= 0.3 is 0 Å². The smallest absolute Gasteiger partial charge is 0.244 e. The Balaban J connectivity index is 1.78. The van der Waals surface area contributed by atoms with Gasteiger partial charge in [0.25, 0.3) is 0 Å². The average molecular weight is 316 g/mol. The first kappa shape index (κ1) is 16.0. The first-order valence-corrected chi connectivity index (χ1v) is 8.21. The molecule has 1 saturated heterocycles. The minimum Gasteiger partial charge on any atom is -0.323 e. The lowest BCUT2D eigenvalue weighted by atomic mass is 10.0. The first-order valence-electron chi connectivity index (χ1n) is 8.21. The summed E-state index contributed by atoms with van der Waals surface area (Å²) in [5.41, 5.74) is 1.49. The summed E-state index contributed by atoms with van der Waals surface area (Å²) in [6.07, 6.45) is 2.23. The highest BCUT2D eigenvalue weighted by Crippen LogP contribution is 2.30. The fraction of sp³-hybridized carbons (Fsp3) is 0.529. The van der Waals surface area contributed by atoms with Crippen LogP contribution < -0.4 is 15.5 Å². The molecule has 6 nitrogen and oxygen atoms in total. The zero-order valence-corrected chi connectivity index (χ0v) is 13.7. The summed E-state index contributed by atoms with van der Waals surface area (Å²) in [7, 11) is 1.96. The molecule has 2 atom stereocenters. The quantitative estimate of drug-likeness (QED) is 0.875. The molecule has 23 heavy (non-hydrogen) atoms. The number of carbonyl (C=O) groups is 2. The predicted octanol–water partition coefficient (Wildman–Crippen LogP) is 1.04. The van der Waals surface area contributed by atoms with E-state index < -0.39 is 0 Å².